The van der Waals surface area contributed by atoms with Crippen molar-refractivity contribution in [3.8, 4) is 5.75 Å². The third-order valence-corrected chi connectivity index (χ3v) is 6.06. The van der Waals surface area contributed by atoms with E-state index in [2.05, 4.69) is 39.2 Å². The number of rotatable bonds is 10. The van der Waals surface area contributed by atoms with E-state index < -0.39 is 0 Å². The number of amides is 1. The Morgan fingerprint density at radius 1 is 1.03 bits per heavy atom. The van der Waals surface area contributed by atoms with E-state index in [1.54, 1.807) is 19.4 Å². The lowest BCUT2D eigenvalue weighted by Crippen LogP contribution is -2.36. The molecule has 0 atom stereocenters. The largest absolute Gasteiger partial charge is 0.496 e. The third kappa shape index (κ3) is 7.47. The van der Waals surface area contributed by atoms with Crippen LogP contribution in [0.5, 0.6) is 5.75 Å². The molecule has 8 heteroatoms. The zero-order valence-corrected chi connectivity index (χ0v) is 21.5. The average molecular weight is 512 g/mol. The van der Waals surface area contributed by atoms with Gasteiger partial charge in [-0.15, -0.1) is 0 Å². The first-order chi connectivity index (χ1) is 18.5. The van der Waals surface area contributed by atoms with Gasteiger partial charge in [0, 0.05) is 47.6 Å². The molecule has 1 aliphatic heterocycles. The lowest BCUT2D eigenvalue weighted by Gasteiger charge is -2.28. The molecule has 0 saturated carbocycles. The van der Waals surface area contributed by atoms with Crippen LogP contribution in [0.1, 0.15) is 11.1 Å². The number of methoxy groups -OCH3 is 1. The summed E-state index contributed by atoms with van der Waals surface area (Å²) in [5.74, 6) is 1.07. The van der Waals surface area contributed by atoms with Gasteiger partial charge < -0.3 is 30.7 Å². The van der Waals surface area contributed by atoms with Crippen LogP contribution in [-0.4, -0.2) is 45.5 Å². The molecule has 8 nitrogen and oxygen atoms in total. The number of nitrogens with one attached hydrogen (secondary N) is 2. The standard InChI is InChI=1S/C30H33N5O3/c1-22(33-25-11-13-27(14-12-25)35-17-19-38-20-18-35)32-16-15-28(31)23-7-9-26(10-8-23)34-30(36)21-24-5-3-4-6-29(24)37-2/h3-16,33H,1,17-21,31H2,2H3,(H,34,36)/b28-15-,32-16-. The zero-order chi connectivity index (χ0) is 26.7. The second kappa shape index (κ2) is 13.1. The quantitative estimate of drug-likeness (QED) is 0.342. The summed E-state index contributed by atoms with van der Waals surface area (Å²) in [7, 11) is 1.59. The van der Waals surface area contributed by atoms with Crippen molar-refractivity contribution in [3.05, 3.63) is 102 Å². The van der Waals surface area contributed by atoms with Gasteiger partial charge in [-0.25, -0.2) is 4.99 Å². The Balaban J connectivity index is 1.26. The molecule has 4 rings (SSSR count). The van der Waals surface area contributed by atoms with Crippen LogP contribution >= 0.6 is 0 Å². The summed E-state index contributed by atoms with van der Waals surface area (Å²) in [6, 6.07) is 23.0. The van der Waals surface area contributed by atoms with Gasteiger partial charge in [-0.05, 0) is 54.1 Å². The van der Waals surface area contributed by atoms with Gasteiger partial charge in [0.25, 0.3) is 0 Å². The molecule has 3 aromatic carbocycles. The first kappa shape index (κ1) is 26.5. The zero-order valence-electron chi connectivity index (χ0n) is 21.5. The number of para-hydroxylation sites is 1. The van der Waals surface area contributed by atoms with Crippen LogP contribution in [0.25, 0.3) is 5.70 Å². The monoisotopic (exact) mass is 511 g/mol. The van der Waals surface area contributed by atoms with Crippen molar-refractivity contribution in [1.82, 2.24) is 0 Å². The minimum atomic E-state index is -0.125. The Labute approximate surface area is 223 Å². The SMILES string of the molecule is C=C(/N=C\C=C(/N)c1ccc(NC(=O)Cc2ccccc2OC)cc1)Nc1ccc(N2CCOCC2)cc1. The maximum absolute atomic E-state index is 12.5. The number of nitrogens with two attached hydrogens (primary N) is 1. The van der Waals surface area contributed by atoms with Gasteiger partial charge in [-0.3, -0.25) is 4.79 Å². The fourth-order valence-electron chi connectivity index (χ4n) is 4.05. The topological polar surface area (TPSA) is 101 Å². The summed E-state index contributed by atoms with van der Waals surface area (Å²) in [5, 5.41) is 6.08. The second-order valence-electron chi connectivity index (χ2n) is 8.73. The number of ether oxygens (including phenoxy) is 2. The Kier molecular flexibility index (Phi) is 9.15. The normalized spacial score (nSPS) is 13.8. The Bertz CT molecular complexity index is 1290. The van der Waals surface area contributed by atoms with Crippen LogP contribution in [0.3, 0.4) is 0 Å². The second-order valence-corrected chi connectivity index (χ2v) is 8.73. The molecule has 1 heterocycles. The highest BCUT2D eigenvalue weighted by atomic mass is 16.5. The van der Waals surface area contributed by atoms with E-state index in [0.717, 1.165) is 43.1 Å². The van der Waals surface area contributed by atoms with Gasteiger partial charge in [0.15, 0.2) is 0 Å². The molecule has 0 bridgehead atoms. The number of aliphatic imine (C=N–C) groups is 1. The summed E-state index contributed by atoms with van der Waals surface area (Å²) < 4.78 is 10.7. The molecule has 0 unspecified atom stereocenters. The number of morpholine rings is 1. The summed E-state index contributed by atoms with van der Waals surface area (Å²) >= 11 is 0. The Hall–Kier alpha value is -4.56. The third-order valence-electron chi connectivity index (χ3n) is 6.06. The highest BCUT2D eigenvalue weighted by Gasteiger charge is 2.11. The summed E-state index contributed by atoms with van der Waals surface area (Å²) in [6.45, 7) is 7.28. The van der Waals surface area contributed by atoms with Crippen molar-refractivity contribution in [2.24, 2.45) is 10.7 Å². The van der Waals surface area contributed by atoms with Crippen LogP contribution in [-0.2, 0) is 16.0 Å². The van der Waals surface area contributed by atoms with Crippen LogP contribution < -0.4 is 26.0 Å². The number of anilines is 3. The van der Waals surface area contributed by atoms with Gasteiger partial charge in [0.1, 0.15) is 11.6 Å². The van der Waals surface area contributed by atoms with Crippen LogP contribution in [0.15, 0.2) is 96.3 Å². The van der Waals surface area contributed by atoms with Crippen LogP contribution in [0.4, 0.5) is 17.1 Å². The number of benzene rings is 3. The maximum atomic E-state index is 12.5. The lowest BCUT2D eigenvalue weighted by atomic mass is 10.1. The fraction of sp³-hybridized carbons (Fsp3) is 0.200. The van der Waals surface area contributed by atoms with E-state index in [9.17, 15) is 4.79 Å². The number of hydrogen-bond acceptors (Lipinski definition) is 7. The first-order valence-electron chi connectivity index (χ1n) is 12.4. The number of nitrogens with zero attached hydrogens (tertiary/aromatic N) is 2. The predicted molar refractivity (Wildman–Crippen MR) is 155 cm³/mol. The minimum Gasteiger partial charge on any atom is -0.496 e. The van der Waals surface area contributed by atoms with E-state index in [1.807, 2.05) is 60.7 Å². The molecule has 1 fully saturated rings. The summed E-state index contributed by atoms with van der Waals surface area (Å²) in [4.78, 5) is 19.1. The van der Waals surface area contributed by atoms with Crippen molar-refractivity contribution in [1.29, 1.82) is 0 Å². The number of allylic oxidation sites excluding steroid dienone is 1. The Morgan fingerprint density at radius 2 is 1.68 bits per heavy atom. The van der Waals surface area contributed by atoms with E-state index in [-0.39, 0.29) is 12.3 Å². The van der Waals surface area contributed by atoms with Gasteiger partial charge in [-0.1, -0.05) is 36.9 Å². The molecule has 1 aliphatic rings. The molecular formula is C30H33N5O3. The van der Waals surface area contributed by atoms with Gasteiger partial charge in [-0.2, -0.15) is 0 Å². The van der Waals surface area contributed by atoms with E-state index in [4.69, 9.17) is 15.2 Å². The number of carbonyl (C=O) groups is 1. The molecular weight excluding hydrogens is 478 g/mol. The van der Waals surface area contributed by atoms with Gasteiger partial charge >= 0.3 is 0 Å². The van der Waals surface area contributed by atoms with Crippen molar-refractivity contribution in [2.75, 3.05) is 48.9 Å². The van der Waals surface area contributed by atoms with Crippen molar-refractivity contribution in [3.63, 3.8) is 0 Å². The molecule has 0 spiro atoms. The van der Waals surface area contributed by atoms with E-state index in [1.165, 1.54) is 5.69 Å². The molecule has 4 N–H and O–H groups in total. The average Bonchev–Trinajstić information content (AvgIpc) is 2.94. The smallest absolute Gasteiger partial charge is 0.228 e. The molecule has 38 heavy (non-hydrogen) atoms. The molecule has 0 aromatic heterocycles. The van der Waals surface area contributed by atoms with Crippen molar-refractivity contribution in [2.45, 2.75) is 6.42 Å². The number of carbonyl (C=O) groups excluding carboxylic acids is 1. The van der Waals surface area contributed by atoms with E-state index >= 15 is 0 Å². The van der Waals surface area contributed by atoms with Crippen LogP contribution in [0, 0.1) is 0 Å². The molecule has 1 amide bonds. The van der Waals surface area contributed by atoms with E-state index in [0.29, 0.717) is 23.0 Å². The van der Waals surface area contributed by atoms with Crippen molar-refractivity contribution < 1.29 is 14.3 Å². The molecule has 3 aromatic rings. The lowest BCUT2D eigenvalue weighted by molar-refractivity contribution is -0.115. The summed E-state index contributed by atoms with van der Waals surface area (Å²) in [5.41, 5.74) is 11.2. The molecule has 1 saturated heterocycles. The predicted octanol–water partition coefficient (Wildman–Crippen LogP) is 4.67. The van der Waals surface area contributed by atoms with Crippen molar-refractivity contribution >= 4 is 34.9 Å². The highest BCUT2D eigenvalue weighted by molar-refractivity contribution is 5.93. The maximum Gasteiger partial charge on any atom is 0.228 e. The van der Waals surface area contributed by atoms with Gasteiger partial charge in [0.05, 0.1) is 26.7 Å². The van der Waals surface area contributed by atoms with Gasteiger partial charge in [0.2, 0.25) is 5.91 Å². The summed E-state index contributed by atoms with van der Waals surface area (Å²) in [6.07, 6.45) is 3.54. The molecule has 196 valence electrons. The van der Waals surface area contributed by atoms with Crippen LogP contribution in [0.2, 0.25) is 0 Å². The Morgan fingerprint density at radius 3 is 2.39 bits per heavy atom. The fourth-order valence-corrected chi connectivity index (χ4v) is 4.05. The molecule has 0 radical (unpaired) electrons. The first-order valence-corrected chi connectivity index (χ1v) is 12.4. The highest BCUT2D eigenvalue weighted by Crippen LogP contribution is 2.21. The number of hydrogen-bond donors (Lipinski definition) is 3. The molecule has 0 aliphatic carbocycles. The minimum absolute atomic E-state index is 0.125.